The predicted molar refractivity (Wildman–Crippen MR) is 101 cm³/mol. The van der Waals surface area contributed by atoms with Gasteiger partial charge in [-0.05, 0) is 55.3 Å². The minimum atomic E-state index is -3.75. The van der Waals surface area contributed by atoms with Crippen LogP contribution in [0.25, 0.3) is 0 Å². The Hall–Kier alpha value is -2.05. The topological polar surface area (TPSA) is 75.3 Å². The summed E-state index contributed by atoms with van der Waals surface area (Å²) in [4.78, 5) is 12.0. The van der Waals surface area contributed by atoms with Gasteiger partial charge >= 0.3 is 0 Å². The van der Waals surface area contributed by atoms with Gasteiger partial charge in [0, 0.05) is 17.1 Å². The Morgan fingerprint density at radius 1 is 1.12 bits per heavy atom. The predicted octanol–water partition coefficient (Wildman–Crippen LogP) is 3.98. The van der Waals surface area contributed by atoms with Crippen molar-refractivity contribution >= 4 is 33.2 Å². The minimum Gasteiger partial charge on any atom is -0.352 e. The van der Waals surface area contributed by atoms with Crippen LogP contribution in [0.15, 0.2) is 47.4 Å². The van der Waals surface area contributed by atoms with Gasteiger partial charge < -0.3 is 5.32 Å². The molecule has 0 aliphatic heterocycles. The maximum atomic E-state index is 12.4. The molecular formula is C18H21ClN2O3S. The standard InChI is InChI=1S/C18H21ClN2O3S/c1-3-4-11-20-18(22)14-6-9-16(10-7-14)25(23,24)21-15-8-5-13(2)17(19)12-15/h5-10,12,21H,3-4,11H2,1-2H3,(H,20,22). The van der Waals surface area contributed by atoms with E-state index in [2.05, 4.69) is 10.0 Å². The summed E-state index contributed by atoms with van der Waals surface area (Å²) in [5.41, 5.74) is 1.67. The van der Waals surface area contributed by atoms with Crippen LogP contribution >= 0.6 is 11.6 Å². The number of carbonyl (C=O) groups excluding carboxylic acids is 1. The summed E-state index contributed by atoms with van der Waals surface area (Å²) in [6.07, 6.45) is 1.90. The summed E-state index contributed by atoms with van der Waals surface area (Å²) in [6, 6.07) is 10.8. The third kappa shape index (κ3) is 5.21. The summed E-state index contributed by atoms with van der Waals surface area (Å²) in [5.74, 6) is -0.212. The maximum absolute atomic E-state index is 12.4. The fourth-order valence-electron chi connectivity index (χ4n) is 2.14. The van der Waals surface area contributed by atoms with Crippen molar-refractivity contribution in [2.75, 3.05) is 11.3 Å². The van der Waals surface area contributed by atoms with E-state index in [9.17, 15) is 13.2 Å². The van der Waals surface area contributed by atoms with Crippen molar-refractivity contribution in [3.63, 3.8) is 0 Å². The SMILES string of the molecule is CCCCNC(=O)c1ccc(S(=O)(=O)Nc2ccc(C)c(Cl)c2)cc1. The maximum Gasteiger partial charge on any atom is 0.261 e. The van der Waals surface area contributed by atoms with Crippen molar-refractivity contribution in [3.05, 3.63) is 58.6 Å². The Morgan fingerprint density at radius 3 is 2.40 bits per heavy atom. The highest BCUT2D eigenvalue weighted by molar-refractivity contribution is 7.92. The molecule has 0 bridgehead atoms. The molecule has 2 aromatic carbocycles. The summed E-state index contributed by atoms with van der Waals surface area (Å²) in [5, 5.41) is 3.28. The van der Waals surface area contributed by atoms with Crippen LogP contribution in [0.5, 0.6) is 0 Å². The fraction of sp³-hybridized carbons (Fsp3) is 0.278. The average Bonchev–Trinajstić information content (AvgIpc) is 2.58. The highest BCUT2D eigenvalue weighted by Crippen LogP contribution is 2.22. The summed E-state index contributed by atoms with van der Waals surface area (Å²) in [7, 11) is -3.75. The Balaban J connectivity index is 2.11. The van der Waals surface area contributed by atoms with Crippen molar-refractivity contribution in [2.24, 2.45) is 0 Å². The van der Waals surface area contributed by atoms with Crippen molar-refractivity contribution < 1.29 is 13.2 Å². The number of unbranched alkanes of at least 4 members (excludes halogenated alkanes) is 1. The molecule has 1 amide bonds. The quantitative estimate of drug-likeness (QED) is 0.713. The second-order valence-electron chi connectivity index (χ2n) is 5.70. The summed E-state index contributed by atoms with van der Waals surface area (Å²) >= 11 is 6.02. The first-order chi connectivity index (χ1) is 11.8. The van der Waals surface area contributed by atoms with E-state index in [1.165, 1.54) is 24.3 Å². The summed E-state index contributed by atoms with van der Waals surface area (Å²) < 4.78 is 27.4. The lowest BCUT2D eigenvalue weighted by Gasteiger charge is -2.10. The lowest BCUT2D eigenvalue weighted by atomic mass is 10.2. The minimum absolute atomic E-state index is 0.0781. The van der Waals surface area contributed by atoms with Crippen LogP contribution in [0.1, 0.15) is 35.7 Å². The number of carbonyl (C=O) groups is 1. The van der Waals surface area contributed by atoms with Crippen LogP contribution in [-0.4, -0.2) is 20.9 Å². The Bertz CT molecular complexity index is 849. The molecule has 0 aliphatic rings. The molecule has 25 heavy (non-hydrogen) atoms. The largest absolute Gasteiger partial charge is 0.352 e. The Morgan fingerprint density at radius 2 is 1.80 bits per heavy atom. The molecule has 0 heterocycles. The molecule has 2 N–H and O–H groups in total. The first-order valence-corrected chi connectivity index (χ1v) is 9.87. The Kier molecular flexibility index (Phi) is 6.45. The third-order valence-corrected chi connectivity index (χ3v) is 5.47. The van der Waals surface area contributed by atoms with Gasteiger partial charge in [0.2, 0.25) is 0 Å². The molecule has 0 aliphatic carbocycles. The number of rotatable bonds is 7. The van der Waals surface area contributed by atoms with E-state index >= 15 is 0 Å². The number of benzene rings is 2. The monoisotopic (exact) mass is 380 g/mol. The van der Waals surface area contributed by atoms with Gasteiger partial charge in [0.25, 0.3) is 15.9 Å². The molecule has 0 saturated heterocycles. The molecule has 0 unspecified atom stereocenters. The van der Waals surface area contributed by atoms with E-state index in [1.54, 1.807) is 18.2 Å². The van der Waals surface area contributed by atoms with E-state index in [0.29, 0.717) is 22.8 Å². The van der Waals surface area contributed by atoms with Gasteiger partial charge in [0.15, 0.2) is 0 Å². The smallest absolute Gasteiger partial charge is 0.261 e. The van der Waals surface area contributed by atoms with E-state index < -0.39 is 10.0 Å². The van der Waals surface area contributed by atoms with Crippen molar-refractivity contribution in [1.29, 1.82) is 0 Å². The zero-order valence-corrected chi connectivity index (χ0v) is 15.7. The zero-order valence-electron chi connectivity index (χ0n) is 14.2. The fourth-order valence-corrected chi connectivity index (χ4v) is 3.37. The van der Waals surface area contributed by atoms with E-state index in [4.69, 9.17) is 11.6 Å². The number of halogens is 1. The molecule has 2 rings (SSSR count). The first kappa shape index (κ1) is 19.3. The van der Waals surface area contributed by atoms with E-state index in [1.807, 2.05) is 13.8 Å². The van der Waals surface area contributed by atoms with Crippen LogP contribution in [0.4, 0.5) is 5.69 Å². The number of hydrogen-bond donors (Lipinski definition) is 2. The van der Waals surface area contributed by atoms with Crippen LogP contribution < -0.4 is 10.0 Å². The van der Waals surface area contributed by atoms with Crippen molar-refractivity contribution in [2.45, 2.75) is 31.6 Å². The number of hydrogen-bond acceptors (Lipinski definition) is 3. The molecule has 7 heteroatoms. The van der Waals surface area contributed by atoms with Gasteiger partial charge in [-0.15, -0.1) is 0 Å². The normalized spacial score (nSPS) is 11.2. The molecule has 0 fully saturated rings. The van der Waals surface area contributed by atoms with Crippen LogP contribution in [0, 0.1) is 6.92 Å². The van der Waals surface area contributed by atoms with Crippen LogP contribution in [-0.2, 0) is 10.0 Å². The van der Waals surface area contributed by atoms with Gasteiger partial charge in [0.05, 0.1) is 10.6 Å². The Labute approximate surface area is 153 Å². The number of amides is 1. The van der Waals surface area contributed by atoms with Gasteiger partial charge in [-0.2, -0.15) is 0 Å². The molecule has 0 spiro atoms. The molecule has 134 valence electrons. The molecule has 5 nitrogen and oxygen atoms in total. The highest BCUT2D eigenvalue weighted by atomic mass is 35.5. The van der Waals surface area contributed by atoms with Gasteiger partial charge in [0.1, 0.15) is 0 Å². The van der Waals surface area contributed by atoms with E-state index in [-0.39, 0.29) is 10.8 Å². The molecule has 2 aromatic rings. The van der Waals surface area contributed by atoms with Crippen LogP contribution in [0.2, 0.25) is 5.02 Å². The molecule has 0 radical (unpaired) electrons. The number of nitrogens with one attached hydrogen (secondary N) is 2. The second-order valence-corrected chi connectivity index (χ2v) is 7.79. The average molecular weight is 381 g/mol. The number of sulfonamides is 1. The van der Waals surface area contributed by atoms with Gasteiger partial charge in [-0.1, -0.05) is 31.0 Å². The third-order valence-electron chi connectivity index (χ3n) is 3.67. The van der Waals surface area contributed by atoms with Crippen molar-refractivity contribution in [3.8, 4) is 0 Å². The molecule has 0 saturated carbocycles. The molecule has 0 aromatic heterocycles. The van der Waals surface area contributed by atoms with Crippen LogP contribution in [0.3, 0.4) is 0 Å². The van der Waals surface area contributed by atoms with Crippen molar-refractivity contribution in [1.82, 2.24) is 5.32 Å². The number of anilines is 1. The molecular weight excluding hydrogens is 360 g/mol. The van der Waals surface area contributed by atoms with E-state index in [0.717, 1.165) is 18.4 Å². The summed E-state index contributed by atoms with van der Waals surface area (Å²) in [6.45, 7) is 4.48. The zero-order chi connectivity index (χ0) is 18.4. The first-order valence-electron chi connectivity index (χ1n) is 8.00. The highest BCUT2D eigenvalue weighted by Gasteiger charge is 2.15. The van der Waals surface area contributed by atoms with Gasteiger partial charge in [-0.3, -0.25) is 9.52 Å². The molecule has 0 atom stereocenters. The van der Waals surface area contributed by atoms with Gasteiger partial charge in [-0.25, -0.2) is 8.42 Å². The lowest BCUT2D eigenvalue weighted by molar-refractivity contribution is 0.0953. The lowest BCUT2D eigenvalue weighted by Crippen LogP contribution is -2.24. The number of aryl methyl sites for hydroxylation is 1. The second kappa shape index (κ2) is 8.36.